The van der Waals surface area contributed by atoms with E-state index in [4.69, 9.17) is 0 Å². The fourth-order valence-corrected chi connectivity index (χ4v) is 1.57. The van der Waals surface area contributed by atoms with Crippen molar-refractivity contribution in [2.45, 2.75) is 33.1 Å². The van der Waals surface area contributed by atoms with Crippen LogP contribution < -0.4 is 0 Å². The van der Waals surface area contributed by atoms with E-state index in [9.17, 15) is 4.79 Å². The van der Waals surface area contributed by atoms with Crippen molar-refractivity contribution in [2.75, 3.05) is 0 Å². The molecule has 0 aromatic carbocycles. The van der Waals surface area contributed by atoms with Crippen LogP contribution in [-0.4, -0.2) is 6.29 Å². The Hall–Kier alpha value is -0.590. The van der Waals surface area contributed by atoms with Crippen LogP contribution in [0.25, 0.3) is 0 Å². The molecule has 2 atom stereocenters. The summed E-state index contributed by atoms with van der Waals surface area (Å²) in [6.07, 6.45) is 6.84. The zero-order valence-electron chi connectivity index (χ0n) is 7.34. The molecule has 1 heteroatoms. The minimum absolute atomic E-state index is 0.249. The van der Waals surface area contributed by atoms with Gasteiger partial charge >= 0.3 is 0 Å². The van der Waals surface area contributed by atoms with Crippen LogP contribution in [0.15, 0.2) is 11.6 Å². The minimum Gasteiger partial charge on any atom is -0.303 e. The lowest BCUT2D eigenvalue weighted by Crippen LogP contribution is -2.15. The fourth-order valence-electron chi connectivity index (χ4n) is 1.57. The van der Waals surface area contributed by atoms with E-state index in [-0.39, 0.29) is 5.92 Å². The number of carbonyl (C=O) groups excluding carboxylic acids is 1. The fraction of sp³-hybridized carbons (Fsp3) is 0.700. The number of hydrogen-bond donors (Lipinski definition) is 0. The molecule has 0 bridgehead atoms. The van der Waals surface area contributed by atoms with E-state index in [2.05, 4.69) is 13.0 Å². The Bertz CT molecular complexity index is 170. The highest BCUT2D eigenvalue weighted by Crippen LogP contribution is 2.27. The normalized spacial score (nSPS) is 27.5. The molecule has 1 aliphatic rings. The van der Waals surface area contributed by atoms with E-state index in [1.807, 2.05) is 6.92 Å². The van der Waals surface area contributed by atoms with Gasteiger partial charge in [-0.3, -0.25) is 0 Å². The molecular weight excluding hydrogens is 136 g/mol. The summed E-state index contributed by atoms with van der Waals surface area (Å²) in [5.74, 6) is 0.857. The van der Waals surface area contributed by atoms with Crippen LogP contribution in [-0.2, 0) is 4.79 Å². The molecule has 0 aromatic rings. The van der Waals surface area contributed by atoms with Gasteiger partial charge in [0.25, 0.3) is 0 Å². The van der Waals surface area contributed by atoms with Crippen LogP contribution in [0.2, 0.25) is 0 Å². The lowest BCUT2D eigenvalue weighted by Gasteiger charge is -2.22. The molecule has 62 valence electrons. The molecular formula is C10H16O. The number of aldehydes is 1. The summed E-state index contributed by atoms with van der Waals surface area (Å²) in [6.45, 7) is 4.19. The molecule has 0 heterocycles. The average Bonchev–Trinajstić information content (AvgIpc) is 2.05. The average molecular weight is 152 g/mol. The Labute approximate surface area is 68.5 Å². The van der Waals surface area contributed by atoms with Gasteiger partial charge in [0.1, 0.15) is 6.29 Å². The van der Waals surface area contributed by atoms with E-state index < -0.39 is 0 Å². The predicted octanol–water partition coefficient (Wildman–Crippen LogP) is 2.57. The second kappa shape index (κ2) is 3.70. The van der Waals surface area contributed by atoms with Gasteiger partial charge in [-0.25, -0.2) is 0 Å². The first-order valence-electron chi connectivity index (χ1n) is 4.35. The van der Waals surface area contributed by atoms with Crippen molar-refractivity contribution in [3.05, 3.63) is 11.6 Å². The molecule has 1 aliphatic carbocycles. The van der Waals surface area contributed by atoms with Crippen molar-refractivity contribution in [2.24, 2.45) is 11.8 Å². The van der Waals surface area contributed by atoms with Crippen LogP contribution in [0.5, 0.6) is 0 Å². The highest BCUT2D eigenvalue weighted by atomic mass is 16.1. The highest BCUT2D eigenvalue weighted by Gasteiger charge is 2.18. The van der Waals surface area contributed by atoms with Gasteiger partial charge in [0.15, 0.2) is 0 Å². The van der Waals surface area contributed by atoms with Gasteiger partial charge in [0, 0.05) is 5.92 Å². The predicted molar refractivity (Wildman–Crippen MR) is 46.3 cm³/mol. The molecule has 1 nitrogen and oxygen atoms in total. The third kappa shape index (κ3) is 2.18. The lowest BCUT2D eigenvalue weighted by molar-refractivity contribution is -0.112. The van der Waals surface area contributed by atoms with Gasteiger partial charge in [-0.2, -0.15) is 0 Å². The number of rotatable bonds is 2. The largest absolute Gasteiger partial charge is 0.303 e. The second-order valence-electron chi connectivity index (χ2n) is 3.58. The molecule has 0 saturated heterocycles. The molecule has 0 spiro atoms. The molecule has 0 N–H and O–H groups in total. The lowest BCUT2D eigenvalue weighted by atomic mass is 9.82. The van der Waals surface area contributed by atoms with E-state index in [0.29, 0.717) is 5.92 Å². The summed E-state index contributed by atoms with van der Waals surface area (Å²) in [7, 11) is 0. The standard InChI is InChI=1S/C10H16O/c1-8-3-5-10(6-4-8)9(2)7-11/h3,7,9-10H,4-6H2,1-2H3/t9?,10-/m1/s1. The van der Waals surface area contributed by atoms with Gasteiger partial charge < -0.3 is 4.79 Å². The third-order valence-corrected chi connectivity index (χ3v) is 2.64. The maximum atomic E-state index is 10.5. The summed E-state index contributed by atoms with van der Waals surface area (Å²) in [5.41, 5.74) is 1.49. The second-order valence-corrected chi connectivity index (χ2v) is 3.58. The highest BCUT2D eigenvalue weighted by molar-refractivity contribution is 5.53. The number of hydrogen-bond acceptors (Lipinski definition) is 1. The molecule has 0 aromatic heterocycles. The van der Waals surface area contributed by atoms with E-state index >= 15 is 0 Å². The molecule has 0 fully saturated rings. The van der Waals surface area contributed by atoms with Crippen LogP contribution in [0, 0.1) is 11.8 Å². The van der Waals surface area contributed by atoms with Gasteiger partial charge in [0.05, 0.1) is 0 Å². The van der Waals surface area contributed by atoms with Crippen molar-refractivity contribution in [1.82, 2.24) is 0 Å². The molecule has 0 aliphatic heterocycles. The third-order valence-electron chi connectivity index (χ3n) is 2.64. The maximum Gasteiger partial charge on any atom is 0.123 e. The molecule has 0 radical (unpaired) electrons. The van der Waals surface area contributed by atoms with Crippen molar-refractivity contribution in [3.63, 3.8) is 0 Å². The zero-order valence-corrected chi connectivity index (χ0v) is 7.34. The van der Waals surface area contributed by atoms with Gasteiger partial charge in [-0.05, 0) is 32.1 Å². The molecule has 11 heavy (non-hydrogen) atoms. The molecule has 0 saturated carbocycles. The Kier molecular flexibility index (Phi) is 2.86. The van der Waals surface area contributed by atoms with Crippen LogP contribution >= 0.6 is 0 Å². The van der Waals surface area contributed by atoms with Gasteiger partial charge in [-0.15, -0.1) is 0 Å². The first-order valence-corrected chi connectivity index (χ1v) is 4.35. The van der Waals surface area contributed by atoms with Crippen molar-refractivity contribution in [3.8, 4) is 0 Å². The Morgan fingerprint density at radius 1 is 1.73 bits per heavy atom. The SMILES string of the molecule is CC1=CC[C@@H](C(C)C=O)CC1. The van der Waals surface area contributed by atoms with Gasteiger partial charge in [0.2, 0.25) is 0 Å². The quantitative estimate of drug-likeness (QED) is 0.439. The monoisotopic (exact) mass is 152 g/mol. The van der Waals surface area contributed by atoms with Crippen molar-refractivity contribution < 1.29 is 4.79 Å². The smallest absolute Gasteiger partial charge is 0.123 e. The number of allylic oxidation sites excluding steroid dienone is 2. The van der Waals surface area contributed by atoms with Gasteiger partial charge in [-0.1, -0.05) is 18.6 Å². The molecule has 0 amide bonds. The summed E-state index contributed by atoms with van der Waals surface area (Å²) in [6, 6.07) is 0. The first-order chi connectivity index (χ1) is 5.24. The Balaban J connectivity index is 2.46. The van der Waals surface area contributed by atoms with E-state index in [0.717, 1.165) is 12.7 Å². The summed E-state index contributed by atoms with van der Waals surface area (Å²) in [4.78, 5) is 10.5. The summed E-state index contributed by atoms with van der Waals surface area (Å²) < 4.78 is 0. The summed E-state index contributed by atoms with van der Waals surface area (Å²) >= 11 is 0. The van der Waals surface area contributed by atoms with Crippen LogP contribution in [0.4, 0.5) is 0 Å². The number of carbonyl (C=O) groups is 1. The zero-order chi connectivity index (χ0) is 8.27. The molecule has 1 unspecified atom stereocenters. The van der Waals surface area contributed by atoms with E-state index in [1.54, 1.807) is 0 Å². The Morgan fingerprint density at radius 3 is 2.91 bits per heavy atom. The van der Waals surface area contributed by atoms with Crippen molar-refractivity contribution >= 4 is 6.29 Å². The van der Waals surface area contributed by atoms with E-state index in [1.165, 1.54) is 18.4 Å². The Morgan fingerprint density at radius 2 is 2.45 bits per heavy atom. The van der Waals surface area contributed by atoms with Crippen LogP contribution in [0.3, 0.4) is 0 Å². The first kappa shape index (κ1) is 8.51. The molecule has 1 rings (SSSR count). The summed E-state index contributed by atoms with van der Waals surface area (Å²) in [5, 5.41) is 0. The topological polar surface area (TPSA) is 17.1 Å². The van der Waals surface area contributed by atoms with Crippen molar-refractivity contribution in [1.29, 1.82) is 0 Å². The minimum atomic E-state index is 0.249. The maximum absolute atomic E-state index is 10.5. The van der Waals surface area contributed by atoms with Crippen LogP contribution in [0.1, 0.15) is 33.1 Å².